The first-order valence-corrected chi connectivity index (χ1v) is 9.34. The minimum Gasteiger partial charge on any atom is -0.492 e. The van der Waals surface area contributed by atoms with E-state index in [1.54, 1.807) is 23.5 Å². The van der Waals surface area contributed by atoms with Crippen LogP contribution >= 0.6 is 11.3 Å². The number of benzene rings is 2. The van der Waals surface area contributed by atoms with Crippen LogP contribution < -0.4 is 9.64 Å². The van der Waals surface area contributed by atoms with Gasteiger partial charge in [0.05, 0.1) is 23.9 Å². The molecule has 1 aromatic heterocycles. The summed E-state index contributed by atoms with van der Waals surface area (Å²) in [5.74, 6) is 0.305. The molecule has 0 bridgehead atoms. The van der Waals surface area contributed by atoms with E-state index in [2.05, 4.69) is 16.0 Å². The molecule has 0 aliphatic heterocycles. The summed E-state index contributed by atoms with van der Waals surface area (Å²) in [4.78, 5) is 18.4. The fourth-order valence-corrected chi connectivity index (χ4v) is 3.59. The average molecular weight is 386 g/mol. The third kappa shape index (κ3) is 4.56. The second kappa shape index (κ2) is 8.83. The molecule has 142 valence electrons. The molecule has 0 radical (unpaired) electrons. The van der Waals surface area contributed by atoms with Gasteiger partial charge >= 0.3 is 5.97 Å². The van der Waals surface area contributed by atoms with E-state index in [1.165, 1.54) is 18.9 Å². The predicted molar refractivity (Wildman–Crippen MR) is 107 cm³/mol. The Morgan fingerprint density at radius 3 is 2.56 bits per heavy atom. The van der Waals surface area contributed by atoms with Gasteiger partial charge in [-0.05, 0) is 29.8 Å². The number of esters is 1. The summed E-state index contributed by atoms with van der Waals surface area (Å²) >= 11 is 1.67. The Labute approximate surface area is 162 Å². The molecule has 6 nitrogen and oxygen atoms in total. The van der Waals surface area contributed by atoms with Crippen molar-refractivity contribution in [2.75, 3.05) is 39.3 Å². The van der Waals surface area contributed by atoms with Gasteiger partial charge in [0.15, 0.2) is 11.2 Å². The van der Waals surface area contributed by atoms with Crippen molar-refractivity contribution >= 4 is 32.7 Å². The molecule has 7 heteroatoms. The van der Waals surface area contributed by atoms with Crippen molar-refractivity contribution in [2.24, 2.45) is 0 Å². The second-order valence-corrected chi connectivity index (χ2v) is 6.95. The zero-order valence-electron chi connectivity index (χ0n) is 15.5. The van der Waals surface area contributed by atoms with Crippen LogP contribution in [0, 0.1) is 0 Å². The molecule has 1 heterocycles. The molecular formula is C20H22N2O4S. The predicted octanol–water partition coefficient (Wildman–Crippen LogP) is 3.67. The molecule has 0 amide bonds. The standard InChI is InChI=1S/C20H22N2O4S/c1-22(20-21-16-6-4-5-7-17(16)27-20)12-13-26-15-10-8-14(9-11-15)18(24-2)19(23)25-3/h4-11,18H,12-13H2,1-3H3. The maximum Gasteiger partial charge on any atom is 0.339 e. The van der Waals surface area contributed by atoms with Crippen molar-refractivity contribution in [3.8, 4) is 5.75 Å². The Hall–Kier alpha value is -2.64. The van der Waals surface area contributed by atoms with Crippen molar-refractivity contribution in [3.05, 3.63) is 54.1 Å². The number of ether oxygens (including phenoxy) is 3. The number of hydrogen-bond donors (Lipinski definition) is 0. The van der Waals surface area contributed by atoms with Crippen molar-refractivity contribution < 1.29 is 19.0 Å². The highest BCUT2D eigenvalue weighted by molar-refractivity contribution is 7.22. The molecule has 0 aliphatic carbocycles. The van der Waals surface area contributed by atoms with E-state index in [1.807, 2.05) is 37.4 Å². The fraction of sp³-hybridized carbons (Fsp3) is 0.300. The van der Waals surface area contributed by atoms with E-state index in [-0.39, 0.29) is 0 Å². The Morgan fingerprint density at radius 2 is 1.89 bits per heavy atom. The van der Waals surface area contributed by atoms with E-state index >= 15 is 0 Å². The van der Waals surface area contributed by atoms with E-state index < -0.39 is 12.1 Å². The maximum absolute atomic E-state index is 11.7. The first kappa shape index (κ1) is 19.1. The topological polar surface area (TPSA) is 60.9 Å². The zero-order valence-corrected chi connectivity index (χ0v) is 16.4. The lowest BCUT2D eigenvalue weighted by atomic mass is 10.1. The van der Waals surface area contributed by atoms with Gasteiger partial charge in [0, 0.05) is 14.2 Å². The van der Waals surface area contributed by atoms with Crippen LogP contribution in [0.15, 0.2) is 48.5 Å². The Kier molecular flexibility index (Phi) is 6.26. The second-order valence-electron chi connectivity index (χ2n) is 5.94. The summed E-state index contributed by atoms with van der Waals surface area (Å²) in [5.41, 5.74) is 1.74. The Morgan fingerprint density at radius 1 is 1.15 bits per heavy atom. The molecule has 3 rings (SSSR count). The highest BCUT2D eigenvalue weighted by Gasteiger charge is 2.20. The number of hydrogen-bond acceptors (Lipinski definition) is 7. The summed E-state index contributed by atoms with van der Waals surface area (Å²) in [6, 6.07) is 15.4. The van der Waals surface area contributed by atoms with Crippen molar-refractivity contribution in [1.29, 1.82) is 0 Å². The molecule has 0 spiro atoms. The number of carbonyl (C=O) groups is 1. The van der Waals surface area contributed by atoms with Crippen molar-refractivity contribution in [3.63, 3.8) is 0 Å². The quantitative estimate of drug-likeness (QED) is 0.551. The number of anilines is 1. The lowest BCUT2D eigenvalue weighted by Crippen LogP contribution is -2.23. The molecule has 0 saturated heterocycles. The van der Waals surface area contributed by atoms with Crippen LogP contribution in [-0.2, 0) is 14.3 Å². The minimum absolute atomic E-state index is 0.427. The SMILES string of the molecule is COC(=O)C(OC)c1ccc(OCCN(C)c2nc3ccccc3s2)cc1. The largest absolute Gasteiger partial charge is 0.492 e. The number of para-hydroxylation sites is 1. The average Bonchev–Trinajstić information content (AvgIpc) is 3.14. The molecule has 3 aromatic rings. The Balaban J connectivity index is 1.54. The first-order chi connectivity index (χ1) is 13.1. The number of methoxy groups -OCH3 is 2. The Bertz CT molecular complexity index is 861. The summed E-state index contributed by atoms with van der Waals surface area (Å²) in [5, 5.41) is 0.969. The van der Waals surface area contributed by atoms with E-state index in [4.69, 9.17) is 14.2 Å². The third-order valence-electron chi connectivity index (χ3n) is 4.14. The van der Waals surface area contributed by atoms with E-state index in [0.717, 1.165) is 22.0 Å². The minimum atomic E-state index is -0.728. The van der Waals surface area contributed by atoms with Gasteiger partial charge < -0.3 is 19.1 Å². The van der Waals surface area contributed by atoms with Gasteiger partial charge in [-0.15, -0.1) is 0 Å². The molecule has 27 heavy (non-hydrogen) atoms. The van der Waals surface area contributed by atoms with Crippen LogP contribution in [0.1, 0.15) is 11.7 Å². The monoisotopic (exact) mass is 386 g/mol. The molecule has 1 unspecified atom stereocenters. The number of rotatable bonds is 8. The lowest BCUT2D eigenvalue weighted by molar-refractivity contribution is -0.152. The van der Waals surface area contributed by atoms with Crippen LogP contribution in [0.25, 0.3) is 10.2 Å². The number of carbonyl (C=O) groups excluding carboxylic acids is 1. The van der Waals surface area contributed by atoms with Gasteiger partial charge in [0.25, 0.3) is 0 Å². The smallest absolute Gasteiger partial charge is 0.339 e. The third-order valence-corrected chi connectivity index (χ3v) is 5.29. The van der Waals surface area contributed by atoms with E-state index in [0.29, 0.717) is 13.2 Å². The molecular weight excluding hydrogens is 364 g/mol. The number of nitrogens with zero attached hydrogens (tertiary/aromatic N) is 2. The molecule has 0 N–H and O–H groups in total. The van der Waals surface area contributed by atoms with Gasteiger partial charge in [-0.2, -0.15) is 0 Å². The van der Waals surface area contributed by atoms with E-state index in [9.17, 15) is 4.79 Å². The maximum atomic E-state index is 11.7. The van der Waals surface area contributed by atoms with Gasteiger partial charge in [0.1, 0.15) is 12.4 Å². The van der Waals surface area contributed by atoms with Crippen molar-refractivity contribution in [2.45, 2.75) is 6.10 Å². The normalized spacial score (nSPS) is 12.0. The summed E-state index contributed by atoms with van der Waals surface area (Å²) < 4.78 is 16.9. The van der Waals surface area contributed by atoms with Crippen LogP contribution in [0.4, 0.5) is 5.13 Å². The lowest BCUT2D eigenvalue weighted by Gasteiger charge is -2.16. The number of likely N-dealkylation sites (N-methyl/N-ethyl adjacent to an activating group) is 1. The number of thiazole rings is 1. The first-order valence-electron chi connectivity index (χ1n) is 8.52. The highest BCUT2D eigenvalue weighted by atomic mass is 32.1. The summed E-state index contributed by atoms with van der Waals surface area (Å²) in [6.45, 7) is 1.24. The van der Waals surface area contributed by atoms with Crippen LogP contribution in [0.3, 0.4) is 0 Å². The van der Waals surface area contributed by atoms with Gasteiger partial charge in [-0.25, -0.2) is 9.78 Å². The molecule has 0 aliphatic rings. The molecule has 1 atom stereocenters. The molecule has 0 saturated carbocycles. The van der Waals surface area contributed by atoms with Crippen LogP contribution in [0.5, 0.6) is 5.75 Å². The zero-order chi connectivity index (χ0) is 19.2. The van der Waals surface area contributed by atoms with Crippen molar-refractivity contribution in [1.82, 2.24) is 4.98 Å². The van der Waals surface area contributed by atoms with Crippen LogP contribution in [0.2, 0.25) is 0 Å². The number of fused-ring (bicyclic) bond motifs is 1. The molecule has 2 aromatic carbocycles. The summed E-state index contributed by atoms with van der Waals surface area (Å²) in [6.07, 6.45) is -0.728. The van der Waals surface area contributed by atoms with Crippen LogP contribution in [-0.4, -0.2) is 45.4 Å². The van der Waals surface area contributed by atoms with Gasteiger partial charge in [-0.1, -0.05) is 35.6 Å². The fourth-order valence-electron chi connectivity index (χ4n) is 2.63. The summed E-state index contributed by atoms with van der Waals surface area (Å²) in [7, 11) is 4.82. The number of aromatic nitrogens is 1. The van der Waals surface area contributed by atoms with Gasteiger partial charge in [0.2, 0.25) is 0 Å². The van der Waals surface area contributed by atoms with Gasteiger partial charge in [-0.3, -0.25) is 0 Å². The molecule has 0 fully saturated rings. The highest BCUT2D eigenvalue weighted by Crippen LogP contribution is 2.27.